The van der Waals surface area contributed by atoms with Crippen LogP contribution in [-0.2, 0) is 11.3 Å². The number of amides is 1. The number of ether oxygens (including phenoxy) is 1. The summed E-state index contributed by atoms with van der Waals surface area (Å²) in [7, 11) is 1.40. The van der Waals surface area contributed by atoms with Crippen LogP contribution in [0.4, 0.5) is 0 Å². The fourth-order valence-corrected chi connectivity index (χ4v) is 2.74. The largest absolute Gasteiger partial charge is 0.496 e. The van der Waals surface area contributed by atoms with Crippen LogP contribution in [0.15, 0.2) is 18.2 Å². The van der Waals surface area contributed by atoms with Gasteiger partial charge in [-0.3, -0.25) is 4.79 Å². The van der Waals surface area contributed by atoms with Gasteiger partial charge in [0.05, 0.1) is 13.2 Å². The van der Waals surface area contributed by atoms with Gasteiger partial charge in [0.15, 0.2) is 0 Å². The van der Waals surface area contributed by atoms with Crippen molar-refractivity contribution in [1.82, 2.24) is 5.32 Å². The third-order valence-corrected chi connectivity index (χ3v) is 4.06. The predicted octanol–water partition coefficient (Wildman–Crippen LogP) is 2.09. The maximum atomic E-state index is 12.2. The molecule has 0 aliphatic heterocycles. The first-order valence-corrected chi connectivity index (χ1v) is 7.12. The number of nitrogens with one attached hydrogen (secondary N) is 1. The highest BCUT2D eigenvalue weighted by atomic mass is 16.5. The second kappa shape index (κ2) is 6.48. The Kier molecular flexibility index (Phi) is 4.66. The molecule has 1 aliphatic carbocycles. The third-order valence-electron chi connectivity index (χ3n) is 4.06. The zero-order valence-electron chi connectivity index (χ0n) is 12.4. The first-order valence-electron chi connectivity index (χ1n) is 7.12. The molecule has 1 aromatic rings. The first-order chi connectivity index (χ1) is 10.5. The van der Waals surface area contributed by atoms with E-state index in [1.807, 2.05) is 0 Å². The summed E-state index contributed by atoms with van der Waals surface area (Å²) in [6, 6.07) is 6.79. The van der Waals surface area contributed by atoms with Gasteiger partial charge in [-0.05, 0) is 30.5 Å². The molecule has 22 heavy (non-hydrogen) atoms. The van der Waals surface area contributed by atoms with Gasteiger partial charge in [-0.15, -0.1) is 0 Å². The Morgan fingerprint density at radius 1 is 1.41 bits per heavy atom. The number of carboxylic acids is 1. The molecule has 0 aromatic heterocycles. The number of rotatable bonds is 5. The summed E-state index contributed by atoms with van der Waals surface area (Å²) >= 11 is 0. The van der Waals surface area contributed by atoms with Crippen LogP contribution in [0.2, 0.25) is 0 Å². The summed E-state index contributed by atoms with van der Waals surface area (Å²) < 4.78 is 5.05. The van der Waals surface area contributed by atoms with E-state index >= 15 is 0 Å². The lowest BCUT2D eigenvalue weighted by molar-refractivity contribution is -0.128. The average molecular weight is 302 g/mol. The molecule has 0 bridgehead atoms. The minimum atomic E-state index is -1.07. The van der Waals surface area contributed by atoms with Gasteiger partial charge in [0.25, 0.3) is 0 Å². The maximum absolute atomic E-state index is 12.2. The van der Waals surface area contributed by atoms with Crippen LogP contribution >= 0.6 is 0 Å². The van der Waals surface area contributed by atoms with Crippen molar-refractivity contribution in [2.75, 3.05) is 7.11 Å². The van der Waals surface area contributed by atoms with E-state index < -0.39 is 11.4 Å². The molecule has 1 aliphatic rings. The Balaban J connectivity index is 2.07. The maximum Gasteiger partial charge on any atom is 0.339 e. The molecule has 0 unspecified atom stereocenters. The summed E-state index contributed by atoms with van der Waals surface area (Å²) in [5, 5.41) is 21.1. The molecule has 116 valence electrons. The van der Waals surface area contributed by atoms with Crippen molar-refractivity contribution < 1.29 is 19.4 Å². The molecule has 6 heteroatoms. The van der Waals surface area contributed by atoms with E-state index in [1.54, 1.807) is 12.1 Å². The number of carbonyl (C=O) groups excluding carboxylic acids is 1. The number of nitrogens with zero attached hydrogens (tertiary/aromatic N) is 1. The molecule has 6 nitrogen and oxygen atoms in total. The van der Waals surface area contributed by atoms with Crippen molar-refractivity contribution in [2.24, 2.45) is 5.41 Å². The standard InChI is InChI=1S/C16H18N2O4/c1-22-13-8-11(4-5-12(13)14(19)20)9-18-15(21)16(10-17)6-2-3-7-16/h4-5,8H,2-3,6-7,9H2,1H3,(H,18,21)(H,19,20). The van der Waals surface area contributed by atoms with Gasteiger partial charge in [0, 0.05) is 6.54 Å². The van der Waals surface area contributed by atoms with Gasteiger partial charge in [-0.1, -0.05) is 18.9 Å². The molecule has 0 radical (unpaired) electrons. The fraction of sp³-hybridized carbons (Fsp3) is 0.438. The van der Waals surface area contributed by atoms with E-state index in [2.05, 4.69) is 11.4 Å². The van der Waals surface area contributed by atoms with Crippen LogP contribution in [0.3, 0.4) is 0 Å². The zero-order valence-corrected chi connectivity index (χ0v) is 12.4. The molecule has 0 spiro atoms. The molecule has 2 rings (SSSR count). The van der Waals surface area contributed by atoms with Crippen molar-refractivity contribution in [1.29, 1.82) is 5.26 Å². The van der Waals surface area contributed by atoms with E-state index in [-0.39, 0.29) is 23.8 Å². The van der Waals surface area contributed by atoms with E-state index in [1.165, 1.54) is 13.2 Å². The number of carbonyl (C=O) groups is 2. The van der Waals surface area contributed by atoms with Crippen LogP contribution in [0.25, 0.3) is 0 Å². The highest BCUT2D eigenvalue weighted by molar-refractivity contribution is 5.91. The van der Waals surface area contributed by atoms with Gasteiger partial charge in [-0.25, -0.2) is 4.79 Å². The van der Waals surface area contributed by atoms with Gasteiger partial charge in [0.1, 0.15) is 16.7 Å². The lowest BCUT2D eigenvalue weighted by Crippen LogP contribution is -2.37. The molecule has 1 fully saturated rings. The monoisotopic (exact) mass is 302 g/mol. The normalized spacial score (nSPS) is 15.8. The summed E-state index contributed by atoms with van der Waals surface area (Å²) in [6.07, 6.45) is 2.97. The minimum Gasteiger partial charge on any atom is -0.496 e. The van der Waals surface area contributed by atoms with Crippen LogP contribution in [0.1, 0.15) is 41.6 Å². The van der Waals surface area contributed by atoms with Crippen molar-refractivity contribution >= 4 is 11.9 Å². The molecule has 1 aromatic carbocycles. The van der Waals surface area contributed by atoms with Crippen molar-refractivity contribution in [2.45, 2.75) is 32.2 Å². The van der Waals surface area contributed by atoms with Gasteiger partial charge < -0.3 is 15.2 Å². The Bertz CT molecular complexity index is 628. The molecular weight excluding hydrogens is 284 g/mol. The molecule has 2 N–H and O–H groups in total. The van der Waals surface area contributed by atoms with Gasteiger partial charge >= 0.3 is 5.97 Å². The summed E-state index contributed by atoms with van der Waals surface area (Å²) in [6.45, 7) is 0.235. The highest BCUT2D eigenvalue weighted by Crippen LogP contribution is 2.37. The third kappa shape index (κ3) is 3.03. The van der Waals surface area contributed by atoms with Crippen LogP contribution in [0.5, 0.6) is 5.75 Å². The Morgan fingerprint density at radius 3 is 2.64 bits per heavy atom. The molecule has 0 heterocycles. The second-order valence-corrected chi connectivity index (χ2v) is 5.42. The van der Waals surface area contributed by atoms with E-state index in [0.717, 1.165) is 18.4 Å². The van der Waals surface area contributed by atoms with Crippen LogP contribution in [0, 0.1) is 16.7 Å². The van der Waals surface area contributed by atoms with Gasteiger partial charge in [0.2, 0.25) is 5.91 Å². The molecule has 1 amide bonds. The number of benzene rings is 1. The Labute approximate surface area is 128 Å². The summed E-state index contributed by atoms with van der Waals surface area (Å²) in [5.74, 6) is -1.08. The Hall–Kier alpha value is -2.55. The van der Waals surface area contributed by atoms with Crippen LogP contribution in [-0.4, -0.2) is 24.1 Å². The van der Waals surface area contributed by atoms with Crippen molar-refractivity contribution in [3.8, 4) is 11.8 Å². The number of hydrogen-bond donors (Lipinski definition) is 2. The topological polar surface area (TPSA) is 99.4 Å². The molecule has 0 atom stereocenters. The number of nitriles is 1. The smallest absolute Gasteiger partial charge is 0.339 e. The van der Waals surface area contributed by atoms with Crippen molar-refractivity contribution in [3.63, 3.8) is 0 Å². The number of hydrogen-bond acceptors (Lipinski definition) is 4. The summed E-state index contributed by atoms with van der Waals surface area (Å²) in [4.78, 5) is 23.3. The number of aromatic carboxylic acids is 1. The predicted molar refractivity (Wildman–Crippen MR) is 78.3 cm³/mol. The summed E-state index contributed by atoms with van der Waals surface area (Å²) in [5.41, 5.74) is -0.117. The van der Waals surface area contributed by atoms with Gasteiger partial charge in [-0.2, -0.15) is 5.26 Å². The van der Waals surface area contributed by atoms with E-state index in [4.69, 9.17) is 9.84 Å². The number of carboxylic acid groups (broad SMARTS) is 1. The molecular formula is C16H18N2O4. The lowest BCUT2D eigenvalue weighted by Gasteiger charge is -2.19. The lowest BCUT2D eigenvalue weighted by atomic mass is 9.87. The van der Waals surface area contributed by atoms with E-state index in [9.17, 15) is 14.9 Å². The fourth-order valence-electron chi connectivity index (χ4n) is 2.74. The quantitative estimate of drug-likeness (QED) is 0.867. The number of methoxy groups -OCH3 is 1. The second-order valence-electron chi connectivity index (χ2n) is 5.42. The average Bonchev–Trinajstić information content (AvgIpc) is 3.02. The highest BCUT2D eigenvalue weighted by Gasteiger charge is 2.41. The zero-order chi connectivity index (χ0) is 16.2. The first kappa shape index (κ1) is 15.8. The molecule has 0 saturated heterocycles. The SMILES string of the molecule is COc1cc(CNC(=O)C2(C#N)CCCC2)ccc1C(=O)O. The van der Waals surface area contributed by atoms with Crippen LogP contribution < -0.4 is 10.1 Å². The van der Waals surface area contributed by atoms with E-state index in [0.29, 0.717) is 12.8 Å². The minimum absolute atomic E-state index is 0.0712. The Morgan fingerprint density at radius 2 is 2.09 bits per heavy atom. The van der Waals surface area contributed by atoms with Crippen molar-refractivity contribution in [3.05, 3.63) is 29.3 Å². The molecule has 1 saturated carbocycles.